The van der Waals surface area contributed by atoms with Gasteiger partial charge >= 0.3 is 0 Å². The van der Waals surface area contributed by atoms with Crippen LogP contribution in [-0.4, -0.2) is 47.5 Å². The minimum absolute atomic E-state index is 0.108. The summed E-state index contributed by atoms with van der Waals surface area (Å²) < 4.78 is 24.7. The van der Waals surface area contributed by atoms with Crippen molar-refractivity contribution >= 4 is 10.0 Å². The highest BCUT2D eigenvalue weighted by molar-refractivity contribution is 7.88. The summed E-state index contributed by atoms with van der Waals surface area (Å²) in [4.78, 5) is 0. The Morgan fingerprint density at radius 3 is 3.05 bits per heavy atom. The van der Waals surface area contributed by atoms with Crippen LogP contribution in [-0.2, 0) is 10.0 Å². The SMILES string of the molecule is CS(=O)(=O)N1CCCC(CC(NN)c2cn[nH]n2)C1. The van der Waals surface area contributed by atoms with Gasteiger partial charge in [0.05, 0.1) is 18.5 Å². The molecular formula is C10H20N6O2S. The van der Waals surface area contributed by atoms with Crippen LogP contribution in [0.15, 0.2) is 6.20 Å². The first-order chi connectivity index (χ1) is 9.00. The van der Waals surface area contributed by atoms with Crippen molar-refractivity contribution in [2.75, 3.05) is 19.3 Å². The lowest BCUT2D eigenvalue weighted by Gasteiger charge is -2.32. The fourth-order valence-corrected chi connectivity index (χ4v) is 3.45. The molecule has 2 unspecified atom stereocenters. The molecule has 0 spiro atoms. The lowest BCUT2D eigenvalue weighted by atomic mass is 9.91. The molecule has 1 aromatic heterocycles. The van der Waals surface area contributed by atoms with Crippen molar-refractivity contribution in [2.24, 2.45) is 11.8 Å². The maximum atomic E-state index is 11.6. The Labute approximate surface area is 112 Å². The van der Waals surface area contributed by atoms with E-state index >= 15 is 0 Å². The van der Waals surface area contributed by atoms with Crippen LogP contribution in [0.2, 0.25) is 0 Å². The molecule has 0 aliphatic carbocycles. The van der Waals surface area contributed by atoms with E-state index in [4.69, 9.17) is 5.84 Å². The second kappa shape index (κ2) is 5.95. The van der Waals surface area contributed by atoms with Crippen molar-refractivity contribution in [1.82, 2.24) is 25.1 Å². The summed E-state index contributed by atoms with van der Waals surface area (Å²) in [5, 5.41) is 10.3. The second-order valence-electron chi connectivity index (χ2n) is 4.98. The van der Waals surface area contributed by atoms with Gasteiger partial charge in [-0.05, 0) is 25.2 Å². The molecule has 1 aliphatic rings. The number of aromatic amines is 1. The Bertz CT molecular complexity index is 488. The monoisotopic (exact) mass is 288 g/mol. The lowest BCUT2D eigenvalue weighted by Crippen LogP contribution is -2.41. The molecular weight excluding hydrogens is 268 g/mol. The van der Waals surface area contributed by atoms with E-state index in [0.717, 1.165) is 25.0 Å². The Hall–Kier alpha value is -1.03. The number of nitrogens with two attached hydrogens (primary N) is 1. The molecule has 9 heteroatoms. The van der Waals surface area contributed by atoms with Crippen LogP contribution in [0.4, 0.5) is 0 Å². The van der Waals surface area contributed by atoms with Crippen LogP contribution < -0.4 is 11.3 Å². The summed E-state index contributed by atoms with van der Waals surface area (Å²) in [6, 6.07) is -0.108. The molecule has 19 heavy (non-hydrogen) atoms. The molecule has 8 nitrogen and oxygen atoms in total. The normalized spacial score (nSPS) is 23.4. The highest BCUT2D eigenvalue weighted by Gasteiger charge is 2.28. The topological polar surface area (TPSA) is 117 Å². The minimum Gasteiger partial charge on any atom is -0.271 e. The molecule has 0 aromatic carbocycles. The third-order valence-electron chi connectivity index (χ3n) is 3.51. The number of hydrogen-bond donors (Lipinski definition) is 3. The van der Waals surface area contributed by atoms with Gasteiger partial charge in [-0.15, -0.1) is 0 Å². The summed E-state index contributed by atoms with van der Waals surface area (Å²) in [5.74, 6) is 5.82. The Kier molecular flexibility index (Phi) is 4.50. The van der Waals surface area contributed by atoms with Gasteiger partial charge in [-0.1, -0.05) is 0 Å². The molecule has 0 radical (unpaired) electrons. The zero-order valence-corrected chi connectivity index (χ0v) is 11.7. The first-order valence-corrected chi connectivity index (χ1v) is 8.12. The lowest BCUT2D eigenvalue weighted by molar-refractivity contribution is 0.237. The molecule has 2 rings (SSSR count). The number of H-pyrrole nitrogens is 1. The number of nitrogens with one attached hydrogen (secondary N) is 2. The van der Waals surface area contributed by atoms with E-state index < -0.39 is 10.0 Å². The van der Waals surface area contributed by atoms with Crippen LogP contribution in [0.5, 0.6) is 0 Å². The average molecular weight is 288 g/mol. The number of hydrazine groups is 1. The summed E-state index contributed by atoms with van der Waals surface area (Å²) in [6.07, 6.45) is 5.51. The van der Waals surface area contributed by atoms with E-state index in [1.165, 1.54) is 10.6 Å². The Morgan fingerprint density at radius 1 is 1.68 bits per heavy atom. The van der Waals surface area contributed by atoms with Crippen LogP contribution in [0.1, 0.15) is 31.0 Å². The van der Waals surface area contributed by atoms with E-state index in [0.29, 0.717) is 13.1 Å². The third-order valence-corrected chi connectivity index (χ3v) is 4.78. The van der Waals surface area contributed by atoms with Gasteiger partial charge in [0.15, 0.2) is 0 Å². The average Bonchev–Trinajstić information content (AvgIpc) is 2.89. The maximum Gasteiger partial charge on any atom is 0.211 e. The van der Waals surface area contributed by atoms with E-state index in [1.807, 2.05) is 0 Å². The Balaban J connectivity index is 1.98. The van der Waals surface area contributed by atoms with Crippen molar-refractivity contribution in [2.45, 2.75) is 25.3 Å². The molecule has 1 aromatic rings. The van der Waals surface area contributed by atoms with Crippen LogP contribution in [0.3, 0.4) is 0 Å². The highest BCUT2D eigenvalue weighted by atomic mass is 32.2. The number of hydrogen-bond acceptors (Lipinski definition) is 6. The van der Waals surface area contributed by atoms with Crippen LogP contribution in [0, 0.1) is 5.92 Å². The van der Waals surface area contributed by atoms with Gasteiger partial charge in [0.1, 0.15) is 5.69 Å². The number of aromatic nitrogens is 3. The Morgan fingerprint density at radius 2 is 2.47 bits per heavy atom. The van der Waals surface area contributed by atoms with E-state index in [1.54, 1.807) is 6.20 Å². The predicted molar refractivity (Wildman–Crippen MR) is 70.2 cm³/mol. The first kappa shape index (κ1) is 14.4. The quantitative estimate of drug-likeness (QED) is 0.490. The molecule has 1 fully saturated rings. The number of piperidine rings is 1. The van der Waals surface area contributed by atoms with Gasteiger partial charge < -0.3 is 0 Å². The van der Waals surface area contributed by atoms with Crippen molar-refractivity contribution in [1.29, 1.82) is 0 Å². The third kappa shape index (κ3) is 3.72. The standard InChI is InChI=1S/C10H20N6O2S/c1-19(17,18)16-4-2-3-8(7-16)5-9(13-11)10-6-12-15-14-10/h6,8-9,13H,2-5,7,11H2,1H3,(H,12,14,15). The zero-order chi connectivity index (χ0) is 13.9. The molecule has 2 heterocycles. The molecule has 0 bridgehead atoms. The molecule has 2 atom stereocenters. The number of nitrogens with zero attached hydrogens (tertiary/aromatic N) is 3. The molecule has 108 valence electrons. The van der Waals surface area contributed by atoms with Gasteiger partial charge in [0, 0.05) is 13.1 Å². The van der Waals surface area contributed by atoms with Crippen molar-refractivity contribution in [3.63, 3.8) is 0 Å². The minimum atomic E-state index is -3.11. The molecule has 0 saturated carbocycles. The summed E-state index contributed by atoms with van der Waals surface area (Å²) in [7, 11) is -3.11. The van der Waals surface area contributed by atoms with Crippen molar-refractivity contribution in [3.8, 4) is 0 Å². The molecule has 1 saturated heterocycles. The van der Waals surface area contributed by atoms with Crippen LogP contribution in [0.25, 0.3) is 0 Å². The maximum absolute atomic E-state index is 11.6. The largest absolute Gasteiger partial charge is 0.271 e. The van der Waals surface area contributed by atoms with Gasteiger partial charge in [-0.2, -0.15) is 15.4 Å². The van der Waals surface area contributed by atoms with E-state index in [9.17, 15) is 8.42 Å². The molecule has 0 amide bonds. The fourth-order valence-electron chi connectivity index (χ4n) is 2.51. The number of sulfonamides is 1. The molecule has 1 aliphatic heterocycles. The fraction of sp³-hybridized carbons (Fsp3) is 0.800. The zero-order valence-electron chi connectivity index (χ0n) is 10.9. The van der Waals surface area contributed by atoms with Gasteiger partial charge in [0.25, 0.3) is 0 Å². The predicted octanol–water partition coefficient (Wildman–Crippen LogP) is -0.629. The van der Waals surface area contributed by atoms with Gasteiger partial charge in [-0.3, -0.25) is 11.3 Å². The van der Waals surface area contributed by atoms with Crippen LogP contribution >= 0.6 is 0 Å². The second-order valence-corrected chi connectivity index (χ2v) is 6.96. The summed E-state index contributed by atoms with van der Waals surface area (Å²) in [5.41, 5.74) is 3.46. The first-order valence-electron chi connectivity index (χ1n) is 6.27. The van der Waals surface area contributed by atoms with E-state index in [-0.39, 0.29) is 12.0 Å². The smallest absolute Gasteiger partial charge is 0.211 e. The summed E-state index contributed by atoms with van der Waals surface area (Å²) in [6.45, 7) is 1.16. The van der Waals surface area contributed by atoms with E-state index in [2.05, 4.69) is 20.8 Å². The number of rotatable bonds is 5. The van der Waals surface area contributed by atoms with Crippen molar-refractivity contribution < 1.29 is 8.42 Å². The highest BCUT2D eigenvalue weighted by Crippen LogP contribution is 2.27. The van der Waals surface area contributed by atoms with Gasteiger partial charge in [-0.25, -0.2) is 12.7 Å². The molecule has 4 N–H and O–H groups in total. The van der Waals surface area contributed by atoms with Gasteiger partial charge in [0.2, 0.25) is 10.0 Å². The summed E-state index contributed by atoms with van der Waals surface area (Å²) >= 11 is 0. The van der Waals surface area contributed by atoms with Crippen molar-refractivity contribution in [3.05, 3.63) is 11.9 Å².